The van der Waals surface area contributed by atoms with E-state index in [1.54, 1.807) is 0 Å². The number of nitrogens with one attached hydrogen (secondary N) is 1. The van der Waals surface area contributed by atoms with E-state index in [1.165, 1.54) is 12.8 Å². The molecule has 5 heteroatoms. The van der Waals surface area contributed by atoms with Crippen LogP contribution in [-0.4, -0.2) is 43.8 Å². The molecule has 2 rings (SSSR count). The Morgan fingerprint density at radius 1 is 1.00 bits per heavy atom. The van der Waals surface area contributed by atoms with Crippen molar-refractivity contribution >= 4 is 0 Å². The van der Waals surface area contributed by atoms with E-state index in [1.807, 2.05) is 0 Å². The minimum absolute atomic E-state index is 0.215. The third-order valence-corrected chi connectivity index (χ3v) is 4.54. The summed E-state index contributed by atoms with van der Waals surface area (Å²) < 4.78 is 38.7. The molecule has 0 bridgehead atoms. The average Bonchev–Trinajstić information content (AvgIpc) is 2.87. The van der Waals surface area contributed by atoms with Crippen molar-refractivity contribution < 1.29 is 13.2 Å². The number of rotatable bonds is 5. The highest BCUT2D eigenvalue weighted by Crippen LogP contribution is 2.41. The maximum absolute atomic E-state index is 12.9. The van der Waals surface area contributed by atoms with Crippen LogP contribution in [0, 0.1) is 11.8 Å². The molecule has 1 N–H and O–H groups in total. The van der Waals surface area contributed by atoms with E-state index in [0.717, 1.165) is 45.4 Å². The van der Waals surface area contributed by atoms with Gasteiger partial charge in [0.05, 0.1) is 5.92 Å². The quantitative estimate of drug-likeness (QED) is 0.778. The van der Waals surface area contributed by atoms with E-state index in [2.05, 4.69) is 10.2 Å². The maximum atomic E-state index is 12.9. The van der Waals surface area contributed by atoms with E-state index in [4.69, 9.17) is 0 Å². The van der Waals surface area contributed by atoms with E-state index in [0.29, 0.717) is 13.0 Å². The standard InChI is InChI=1S/C14H25F3N2/c15-14(16,17)13-6-2-1-5-12(13)11-18-7-10-19-8-3-4-9-19/h12-13,18H,1-11H2. The largest absolute Gasteiger partial charge is 0.392 e. The second-order valence-electron chi connectivity index (χ2n) is 5.95. The third kappa shape index (κ3) is 4.63. The van der Waals surface area contributed by atoms with Crippen LogP contribution in [0.3, 0.4) is 0 Å². The lowest BCUT2D eigenvalue weighted by molar-refractivity contribution is -0.195. The Kier molecular flexibility index (Phi) is 5.51. The summed E-state index contributed by atoms with van der Waals surface area (Å²) in [4.78, 5) is 2.38. The van der Waals surface area contributed by atoms with E-state index in [9.17, 15) is 13.2 Å². The second kappa shape index (κ2) is 6.93. The molecule has 0 aromatic carbocycles. The summed E-state index contributed by atoms with van der Waals surface area (Å²) in [5.41, 5.74) is 0. The fourth-order valence-electron chi connectivity index (χ4n) is 3.41. The molecule has 0 amide bonds. The molecule has 1 heterocycles. The molecule has 1 saturated carbocycles. The fourth-order valence-corrected chi connectivity index (χ4v) is 3.41. The first-order chi connectivity index (χ1) is 9.07. The van der Waals surface area contributed by atoms with Gasteiger partial charge in [0.2, 0.25) is 0 Å². The van der Waals surface area contributed by atoms with Gasteiger partial charge in [0.15, 0.2) is 0 Å². The van der Waals surface area contributed by atoms with Crippen LogP contribution in [0.15, 0.2) is 0 Å². The molecule has 19 heavy (non-hydrogen) atoms. The molecule has 112 valence electrons. The first kappa shape index (κ1) is 15.1. The molecule has 2 aliphatic rings. The van der Waals surface area contributed by atoms with Gasteiger partial charge in [-0.1, -0.05) is 12.8 Å². The summed E-state index contributed by atoms with van der Waals surface area (Å²) in [6.45, 7) is 4.62. The third-order valence-electron chi connectivity index (χ3n) is 4.54. The van der Waals surface area contributed by atoms with Crippen molar-refractivity contribution in [3.05, 3.63) is 0 Å². The van der Waals surface area contributed by atoms with Crippen molar-refractivity contribution in [2.24, 2.45) is 11.8 Å². The Morgan fingerprint density at radius 3 is 2.37 bits per heavy atom. The van der Waals surface area contributed by atoms with Crippen LogP contribution in [0.5, 0.6) is 0 Å². The van der Waals surface area contributed by atoms with Gasteiger partial charge in [-0.2, -0.15) is 13.2 Å². The van der Waals surface area contributed by atoms with Crippen molar-refractivity contribution in [2.45, 2.75) is 44.7 Å². The molecule has 1 aliphatic heterocycles. The summed E-state index contributed by atoms with van der Waals surface area (Å²) in [5, 5.41) is 3.24. The van der Waals surface area contributed by atoms with Gasteiger partial charge in [-0.25, -0.2) is 0 Å². The summed E-state index contributed by atoms with van der Waals surface area (Å²) >= 11 is 0. The topological polar surface area (TPSA) is 15.3 Å². The van der Waals surface area contributed by atoms with Gasteiger partial charge in [-0.05, 0) is 51.2 Å². The summed E-state index contributed by atoms with van der Waals surface area (Å²) in [6, 6.07) is 0. The number of hydrogen-bond donors (Lipinski definition) is 1. The second-order valence-corrected chi connectivity index (χ2v) is 5.95. The van der Waals surface area contributed by atoms with Crippen molar-refractivity contribution in [3.8, 4) is 0 Å². The zero-order valence-corrected chi connectivity index (χ0v) is 11.5. The van der Waals surface area contributed by atoms with Gasteiger partial charge < -0.3 is 10.2 Å². The van der Waals surface area contributed by atoms with Gasteiger partial charge in [-0.15, -0.1) is 0 Å². The molecule has 0 radical (unpaired) electrons. The molecule has 1 aliphatic carbocycles. The van der Waals surface area contributed by atoms with E-state index in [-0.39, 0.29) is 5.92 Å². The smallest absolute Gasteiger partial charge is 0.315 e. The molecule has 1 saturated heterocycles. The Labute approximate surface area is 113 Å². The number of alkyl halides is 3. The lowest BCUT2D eigenvalue weighted by atomic mass is 9.79. The number of likely N-dealkylation sites (tertiary alicyclic amines) is 1. The predicted octanol–water partition coefficient (Wildman–Crippen LogP) is 3.04. The van der Waals surface area contributed by atoms with Gasteiger partial charge >= 0.3 is 6.18 Å². The van der Waals surface area contributed by atoms with Crippen LogP contribution < -0.4 is 5.32 Å². The Morgan fingerprint density at radius 2 is 1.68 bits per heavy atom. The van der Waals surface area contributed by atoms with Crippen LogP contribution in [0.4, 0.5) is 13.2 Å². The Bertz CT molecular complexity index is 262. The summed E-state index contributed by atoms with van der Waals surface area (Å²) in [6.07, 6.45) is 1.24. The van der Waals surface area contributed by atoms with Crippen LogP contribution in [-0.2, 0) is 0 Å². The zero-order chi connectivity index (χ0) is 13.7. The normalized spacial score (nSPS) is 29.8. The minimum atomic E-state index is -4.01. The maximum Gasteiger partial charge on any atom is 0.392 e. The highest BCUT2D eigenvalue weighted by Gasteiger charge is 2.44. The summed E-state index contributed by atoms with van der Waals surface area (Å²) in [7, 11) is 0. The van der Waals surface area contributed by atoms with Crippen LogP contribution in [0.2, 0.25) is 0 Å². The number of nitrogens with zero attached hydrogens (tertiary/aromatic N) is 1. The fraction of sp³-hybridized carbons (Fsp3) is 1.00. The van der Waals surface area contributed by atoms with Crippen LogP contribution >= 0.6 is 0 Å². The van der Waals surface area contributed by atoms with Gasteiger partial charge in [0, 0.05) is 13.1 Å². The van der Waals surface area contributed by atoms with Crippen molar-refractivity contribution in [1.82, 2.24) is 10.2 Å². The predicted molar refractivity (Wildman–Crippen MR) is 70.0 cm³/mol. The van der Waals surface area contributed by atoms with E-state index >= 15 is 0 Å². The van der Waals surface area contributed by atoms with Crippen molar-refractivity contribution in [1.29, 1.82) is 0 Å². The van der Waals surface area contributed by atoms with Gasteiger partial charge in [0.25, 0.3) is 0 Å². The monoisotopic (exact) mass is 278 g/mol. The van der Waals surface area contributed by atoms with Crippen LogP contribution in [0.25, 0.3) is 0 Å². The molecule has 0 aromatic rings. The molecule has 2 unspecified atom stereocenters. The van der Waals surface area contributed by atoms with Crippen molar-refractivity contribution in [3.63, 3.8) is 0 Å². The molecular formula is C14H25F3N2. The Hall–Kier alpha value is -0.290. The highest BCUT2D eigenvalue weighted by molar-refractivity contribution is 4.82. The molecule has 0 aromatic heterocycles. The van der Waals surface area contributed by atoms with Gasteiger partial charge in [-0.3, -0.25) is 0 Å². The van der Waals surface area contributed by atoms with Crippen molar-refractivity contribution in [2.75, 3.05) is 32.7 Å². The molecular weight excluding hydrogens is 253 g/mol. The summed E-state index contributed by atoms with van der Waals surface area (Å²) in [5.74, 6) is -1.30. The Balaban J connectivity index is 1.67. The highest BCUT2D eigenvalue weighted by atomic mass is 19.4. The van der Waals surface area contributed by atoms with Crippen LogP contribution in [0.1, 0.15) is 38.5 Å². The molecule has 0 spiro atoms. The first-order valence-electron chi connectivity index (χ1n) is 7.57. The first-order valence-corrected chi connectivity index (χ1v) is 7.57. The lowest BCUT2D eigenvalue weighted by Crippen LogP contribution is -2.40. The lowest BCUT2D eigenvalue weighted by Gasteiger charge is -2.33. The minimum Gasteiger partial charge on any atom is -0.315 e. The SMILES string of the molecule is FC(F)(F)C1CCCCC1CNCCN1CCCC1. The molecule has 2 nitrogen and oxygen atoms in total. The number of halogens is 3. The van der Waals surface area contributed by atoms with Gasteiger partial charge in [0.1, 0.15) is 0 Å². The number of hydrogen-bond acceptors (Lipinski definition) is 2. The average molecular weight is 278 g/mol. The molecule has 2 atom stereocenters. The zero-order valence-electron chi connectivity index (χ0n) is 11.5. The van der Waals surface area contributed by atoms with E-state index < -0.39 is 12.1 Å². The molecule has 2 fully saturated rings.